The van der Waals surface area contributed by atoms with E-state index in [-0.39, 0.29) is 22.4 Å². The van der Waals surface area contributed by atoms with Crippen molar-refractivity contribution >= 4 is 29.1 Å². The summed E-state index contributed by atoms with van der Waals surface area (Å²) >= 11 is 5.83. The molecule has 25 heavy (non-hydrogen) atoms. The first-order valence-electron chi connectivity index (χ1n) is 7.94. The van der Waals surface area contributed by atoms with Crippen molar-refractivity contribution in [2.45, 2.75) is 13.8 Å². The molecule has 1 N–H and O–H groups in total. The Balaban J connectivity index is 2.16. The molecular weight excluding hydrogens is 342 g/mol. The zero-order chi connectivity index (χ0) is 18.6. The molecule has 0 aliphatic heterocycles. The van der Waals surface area contributed by atoms with Crippen LogP contribution in [0, 0.1) is 0 Å². The number of nitrogens with one attached hydrogen (secondary N) is 1. The maximum absolute atomic E-state index is 12.3. The van der Waals surface area contributed by atoms with Crippen LogP contribution in [0.1, 0.15) is 34.6 Å². The molecule has 0 fully saturated rings. The van der Waals surface area contributed by atoms with Gasteiger partial charge in [0.1, 0.15) is 5.02 Å². The van der Waals surface area contributed by atoms with Gasteiger partial charge in [0.2, 0.25) is 0 Å². The number of anilines is 1. The predicted octanol–water partition coefficient (Wildman–Crippen LogP) is 2.77. The number of aromatic nitrogens is 1. The van der Waals surface area contributed by atoms with Crippen molar-refractivity contribution in [2.75, 3.05) is 18.4 Å². The lowest BCUT2D eigenvalue weighted by Crippen LogP contribution is -2.30. The zero-order valence-electron chi connectivity index (χ0n) is 14.4. The fourth-order valence-corrected chi connectivity index (χ4v) is 2.65. The summed E-state index contributed by atoms with van der Waals surface area (Å²) in [5, 5.41) is 2.71. The summed E-state index contributed by atoms with van der Waals surface area (Å²) in [5.41, 5.74) is 1.02. The van der Waals surface area contributed by atoms with Crippen LogP contribution < -0.4 is 10.9 Å². The monoisotopic (exact) mass is 361 g/mol. The number of hydrogen-bond donors (Lipinski definition) is 1. The van der Waals surface area contributed by atoms with E-state index in [0.717, 1.165) is 0 Å². The van der Waals surface area contributed by atoms with Crippen LogP contribution in [0.5, 0.6) is 0 Å². The number of carbonyl (C=O) groups excluding carboxylic acids is 2. The number of benzene rings is 1. The Hall–Kier alpha value is -2.60. The fraction of sp³-hybridized carbons (Fsp3) is 0.278. The molecule has 0 spiro atoms. The summed E-state index contributed by atoms with van der Waals surface area (Å²) in [6, 6.07) is 7.85. The molecule has 2 amide bonds. The van der Waals surface area contributed by atoms with E-state index in [9.17, 15) is 14.4 Å². The van der Waals surface area contributed by atoms with E-state index in [4.69, 9.17) is 11.6 Å². The van der Waals surface area contributed by atoms with Gasteiger partial charge >= 0.3 is 0 Å². The molecule has 0 aliphatic carbocycles. The number of carbonyl (C=O) groups is 2. The highest BCUT2D eigenvalue weighted by atomic mass is 35.5. The molecule has 6 nitrogen and oxygen atoms in total. The molecule has 2 aromatic rings. The molecule has 0 atom stereocenters. The third kappa shape index (κ3) is 4.28. The lowest BCUT2D eigenvalue weighted by atomic mass is 10.1. The van der Waals surface area contributed by atoms with Gasteiger partial charge in [0.15, 0.2) is 0 Å². The Bertz CT molecular complexity index is 813. The van der Waals surface area contributed by atoms with Crippen molar-refractivity contribution in [3.63, 3.8) is 0 Å². The number of rotatable bonds is 5. The molecule has 1 heterocycles. The number of hydrogen-bond acceptors (Lipinski definition) is 3. The average Bonchev–Trinajstić information content (AvgIpc) is 2.60. The van der Waals surface area contributed by atoms with E-state index in [1.807, 2.05) is 13.8 Å². The molecular formula is C18H20ClN3O3. The van der Waals surface area contributed by atoms with Gasteiger partial charge in [0.05, 0.1) is 5.69 Å². The minimum atomic E-state index is -0.350. The highest BCUT2D eigenvalue weighted by molar-refractivity contribution is 6.30. The van der Waals surface area contributed by atoms with Crippen LogP contribution in [0.3, 0.4) is 0 Å². The van der Waals surface area contributed by atoms with Gasteiger partial charge in [0.25, 0.3) is 17.4 Å². The summed E-state index contributed by atoms with van der Waals surface area (Å²) in [4.78, 5) is 37.9. The van der Waals surface area contributed by atoms with Gasteiger partial charge in [-0.05, 0) is 44.2 Å². The van der Waals surface area contributed by atoms with E-state index in [2.05, 4.69) is 5.32 Å². The van der Waals surface area contributed by atoms with Crippen LogP contribution in [0.25, 0.3) is 0 Å². The summed E-state index contributed by atoms with van der Waals surface area (Å²) < 4.78 is 1.30. The normalized spacial score (nSPS) is 10.4. The number of halogens is 1. The molecule has 132 valence electrons. The summed E-state index contributed by atoms with van der Waals surface area (Å²) in [6.07, 6.45) is 1.49. The van der Waals surface area contributed by atoms with Crippen molar-refractivity contribution in [3.8, 4) is 0 Å². The Morgan fingerprint density at radius 2 is 1.68 bits per heavy atom. The van der Waals surface area contributed by atoms with Crippen LogP contribution in [-0.4, -0.2) is 34.4 Å². The second kappa shape index (κ2) is 7.98. The van der Waals surface area contributed by atoms with Crippen molar-refractivity contribution in [1.82, 2.24) is 9.47 Å². The van der Waals surface area contributed by atoms with E-state index in [1.165, 1.54) is 16.8 Å². The Labute approximate surface area is 151 Å². The van der Waals surface area contributed by atoms with E-state index in [1.54, 1.807) is 36.2 Å². The highest BCUT2D eigenvalue weighted by Crippen LogP contribution is 2.13. The fourth-order valence-electron chi connectivity index (χ4n) is 2.40. The molecule has 0 unspecified atom stereocenters. The van der Waals surface area contributed by atoms with Crippen molar-refractivity contribution < 1.29 is 9.59 Å². The quantitative estimate of drug-likeness (QED) is 0.890. The summed E-state index contributed by atoms with van der Waals surface area (Å²) in [5.74, 6) is -0.418. The first kappa shape index (κ1) is 18.7. The summed E-state index contributed by atoms with van der Waals surface area (Å²) in [7, 11) is 1.55. The van der Waals surface area contributed by atoms with Gasteiger partial charge in [-0.3, -0.25) is 14.4 Å². The van der Waals surface area contributed by atoms with E-state index >= 15 is 0 Å². The molecule has 1 aromatic carbocycles. The third-order valence-electron chi connectivity index (χ3n) is 3.84. The molecule has 0 saturated carbocycles. The topological polar surface area (TPSA) is 71.4 Å². The van der Waals surface area contributed by atoms with Gasteiger partial charge in [-0.15, -0.1) is 0 Å². The van der Waals surface area contributed by atoms with Gasteiger partial charge < -0.3 is 14.8 Å². The second-order valence-electron chi connectivity index (χ2n) is 5.50. The molecule has 1 aromatic heterocycles. The van der Waals surface area contributed by atoms with Crippen LogP contribution in [-0.2, 0) is 7.05 Å². The van der Waals surface area contributed by atoms with E-state index in [0.29, 0.717) is 29.9 Å². The molecule has 2 rings (SSSR count). The smallest absolute Gasteiger partial charge is 0.269 e. The lowest BCUT2D eigenvalue weighted by molar-refractivity contribution is 0.0772. The Morgan fingerprint density at radius 3 is 2.20 bits per heavy atom. The average molecular weight is 362 g/mol. The van der Waals surface area contributed by atoms with Gasteiger partial charge in [-0.2, -0.15) is 0 Å². The number of aryl methyl sites for hydroxylation is 1. The number of amides is 2. The summed E-state index contributed by atoms with van der Waals surface area (Å²) in [6.45, 7) is 5.10. The largest absolute Gasteiger partial charge is 0.339 e. The minimum absolute atomic E-state index is 0.0282. The first-order chi connectivity index (χ1) is 11.9. The lowest BCUT2D eigenvalue weighted by Gasteiger charge is -2.18. The van der Waals surface area contributed by atoms with Crippen LogP contribution in [0.15, 0.2) is 41.3 Å². The van der Waals surface area contributed by atoms with Crippen LogP contribution in [0.4, 0.5) is 5.69 Å². The molecule has 0 radical (unpaired) electrons. The maximum atomic E-state index is 12.3. The standard InChI is InChI=1S/C18H20ClN3O3/c1-4-22(5-2)17(24)13-8-6-12(7-9-13)16(23)20-14-10-15(19)18(25)21(3)11-14/h6-11H,4-5H2,1-3H3,(H,20,23). The Kier molecular flexibility index (Phi) is 5.98. The maximum Gasteiger partial charge on any atom is 0.269 e. The van der Waals surface area contributed by atoms with Crippen LogP contribution in [0.2, 0.25) is 5.02 Å². The SMILES string of the molecule is CCN(CC)C(=O)c1ccc(C(=O)Nc2cc(Cl)c(=O)n(C)c2)cc1. The van der Waals surface area contributed by atoms with E-state index < -0.39 is 0 Å². The second-order valence-corrected chi connectivity index (χ2v) is 5.91. The molecule has 7 heteroatoms. The third-order valence-corrected chi connectivity index (χ3v) is 4.11. The van der Waals surface area contributed by atoms with Gasteiger partial charge in [-0.1, -0.05) is 11.6 Å². The van der Waals surface area contributed by atoms with Crippen molar-refractivity contribution in [2.24, 2.45) is 7.05 Å². The van der Waals surface area contributed by atoms with Crippen molar-refractivity contribution in [1.29, 1.82) is 0 Å². The van der Waals surface area contributed by atoms with Crippen molar-refractivity contribution in [3.05, 3.63) is 63.0 Å². The highest BCUT2D eigenvalue weighted by Gasteiger charge is 2.14. The molecule has 0 bridgehead atoms. The number of pyridine rings is 1. The number of nitrogens with zero attached hydrogens (tertiary/aromatic N) is 2. The van der Waals surface area contributed by atoms with Gasteiger partial charge in [-0.25, -0.2) is 0 Å². The van der Waals surface area contributed by atoms with Gasteiger partial charge in [0, 0.05) is 37.5 Å². The zero-order valence-corrected chi connectivity index (χ0v) is 15.1. The predicted molar refractivity (Wildman–Crippen MR) is 98.3 cm³/mol. The molecule has 0 saturated heterocycles. The Morgan fingerprint density at radius 1 is 1.12 bits per heavy atom. The molecule has 0 aliphatic rings. The first-order valence-corrected chi connectivity index (χ1v) is 8.32. The minimum Gasteiger partial charge on any atom is -0.339 e. The van der Waals surface area contributed by atoms with Crippen LogP contribution >= 0.6 is 11.6 Å².